The van der Waals surface area contributed by atoms with Crippen LogP contribution in [-0.4, -0.2) is 30.1 Å². The number of nitrogens with zero attached hydrogens (tertiary/aromatic N) is 2. The van der Waals surface area contributed by atoms with Crippen LogP contribution in [0.4, 0.5) is 4.39 Å². The molecular weight excluding hydrogens is 307 g/mol. The molecule has 0 saturated heterocycles. The number of rotatable bonds is 5. The molecule has 0 saturated carbocycles. The Kier molecular flexibility index (Phi) is 4.89. The molecule has 1 amide bonds. The van der Waals surface area contributed by atoms with Gasteiger partial charge in [0, 0.05) is 20.0 Å². The third kappa shape index (κ3) is 3.79. The lowest BCUT2D eigenvalue weighted by atomic mass is 10.0. The number of hydrogen-bond donors (Lipinski definition) is 0. The summed E-state index contributed by atoms with van der Waals surface area (Å²) >= 11 is 0. The minimum atomic E-state index is -0.257. The molecule has 0 N–H and O–H groups in total. The van der Waals surface area contributed by atoms with Crippen LogP contribution in [0.5, 0.6) is 0 Å². The minimum absolute atomic E-state index is 0.129. The SMILES string of the molecule is CN(CCc1ccc(F)cc1)C(=O)C1=NOC(c2ccccc2)C1. The number of likely N-dealkylation sites (N-methyl/N-ethyl adjacent to an activating group) is 1. The van der Waals surface area contributed by atoms with Crippen molar-refractivity contribution in [3.05, 3.63) is 71.5 Å². The molecule has 0 aliphatic carbocycles. The van der Waals surface area contributed by atoms with Gasteiger partial charge in [-0.1, -0.05) is 47.6 Å². The van der Waals surface area contributed by atoms with E-state index in [-0.39, 0.29) is 17.8 Å². The predicted molar refractivity (Wildman–Crippen MR) is 90.1 cm³/mol. The van der Waals surface area contributed by atoms with Gasteiger partial charge >= 0.3 is 0 Å². The Morgan fingerprint density at radius 3 is 2.62 bits per heavy atom. The van der Waals surface area contributed by atoms with Crippen LogP contribution < -0.4 is 0 Å². The molecule has 1 unspecified atom stereocenters. The van der Waals surface area contributed by atoms with Gasteiger partial charge in [0.15, 0.2) is 6.10 Å². The highest BCUT2D eigenvalue weighted by atomic mass is 19.1. The van der Waals surface area contributed by atoms with Crippen LogP contribution in [0, 0.1) is 5.82 Å². The molecule has 124 valence electrons. The summed E-state index contributed by atoms with van der Waals surface area (Å²) in [5, 5.41) is 3.96. The van der Waals surface area contributed by atoms with Gasteiger partial charge in [-0.2, -0.15) is 0 Å². The second-order valence-corrected chi connectivity index (χ2v) is 5.85. The zero-order chi connectivity index (χ0) is 16.9. The smallest absolute Gasteiger partial charge is 0.271 e. The topological polar surface area (TPSA) is 41.9 Å². The van der Waals surface area contributed by atoms with Gasteiger partial charge in [0.05, 0.1) is 0 Å². The van der Waals surface area contributed by atoms with Crippen molar-refractivity contribution < 1.29 is 14.0 Å². The van der Waals surface area contributed by atoms with E-state index in [2.05, 4.69) is 5.16 Å². The monoisotopic (exact) mass is 326 g/mol. The van der Waals surface area contributed by atoms with Crippen LogP contribution in [0.2, 0.25) is 0 Å². The van der Waals surface area contributed by atoms with Crippen LogP contribution in [-0.2, 0) is 16.1 Å². The van der Waals surface area contributed by atoms with Crippen molar-refractivity contribution in [1.82, 2.24) is 4.90 Å². The molecule has 0 bridgehead atoms. The molecule has 0 fully saturated rings. The molecule has 0 spiro atoms. The molecule has 1 aliphatic rings. The second-order valence-electron chi connectivity index (χ2n) is 5.85. The Morgan fingerprint density at radius 2 is 1.92 bits per heavy atom. The summed E-state index contributed by atoms with van der Waals surface area (Å²) < 4.78 is 12.9. The summed E-state index contributed by atoms with van der Waals surface area (Å²) in [5.41, 5.74) is 2.44. The van der Waals surface area contributed by atoms with Gasteiger partial charge < -0.3 is 9.74 Å². The molecule has 4 nitrogen and oxygen atoms in total. The first-order chi connectivity index (χ1) is 11.6. The highest BCUT2D eigenvalue weighted by Crippen LogP contribution is 2.27. The maximum Gasteiger partial charge on any atom is 0.271 e. The summed E-state index contributed by atoms with van der Waals surface area (Å²) in [6, 6.07) is 16.1. The molecule has 1 aliphatic heterocycles. The van der Waals surface area contributed by atoms with Gasteiger partial charge in [0.2, 0.25) is 0 Å². The summed E-state index contributed by atoms with van der Waals surface area (Å²) in [5.74, 6) is -0.386. The molecule has 2 aromatic rings. The third-order valence-corrected chi connectivity index (χ3v) is 4.08. The van der Waals surface area contributed by atoms with Crippen molar-refractivity contribution in [2.75, 3.05) is 13.6 Å². The maximum absolute atomic E-state index is 12.9. The van der Waals surface area contributed by atoms with E-state index >= 15 is 0 Å². The molecule has 0 radical (unpaired) electrons. The fraction of sp³-hybridized carbons (Fsp3) is 0.263. The van der Waals surface area contributed by atoms with Gasteiger partial charge in [-0.3, -0.25) is 4.79 Å². The Balaban J connectivity index is 1.53. The molecule has 3 rings (SSSR count). The number of amides is 1. The summed E-state index contributed by atoms with van der Waals surface area (Å²) in [6.07, 6.45) is 0.943. The van der Waals surface area contributed by atoms with E-state index in [0.717, 1.165) is 11.1 Å². The average Bonchev–Trinajstić information content (AvgIpc) is 3.11. The van der Waals surface area contributed by atoms with Crippen molar-refractivity contribution in [2.24, 2.45) is 5.16 Å². The maximum atomic E-state index is 12.9. The second kappa shape index (κ2) is 7.25. The fourth-order valence-electron chi connectivity index (χ4n) is 2.62. The van der Waals surface area contributed by atoms with E-state index in [9.17, 15) is 9.18 Å². The summed E-state index contributed by atoms with van der Waals surface area (Å²) in [6.45, 7) is 0.541. The average molecular weight is 326 g/mol. The van der Waals surface area contributed by atoms with Crippen LogP contribution in [0.3, 0.4) is 0 Å². The summed E-state index contributed by atoms with van der Waals surface area (Å²) in [4.78, 5) is 19.5. The molecule has 1 atom stereocenters. The molecule has 2 aromatic carbocycles. The van der Waals surface area contributed by atoms with Crippen LogP contribution in [0.15, 0.2) is 59.8 Å². The van der Waals surface area contributed by atoms with Crippen molar-refractivity contribution in [3.63, 3.8) is 0 Å². The lowest BCUT2D eigenvalue weighted by molar-refractivity contribution is -0.123. The van der Waals surface area contributed by atoms with Gasteiger partial charge in [0.1, 0.15) is 11.5 Å². The molecule has 5 heteroatoms. The number of carbonyl (C=O) groups excluding carboxylic acids is 1. The van der Waals surface area contributed by atoms with E-state index in [4.69, 9.17) is 4.84 Å². The number of benzene rings is 2. The van der Waals surface area contributed by atoms with E-state index < -0.39 is 0 Å². The number of carbonyl (C=O) groups is 1. The highest BCUT2D eigenvalue weighted by Gasteiger charge is 2.28. The Morgan fingerprint density at radius 1 is 1.21 bits per heavy atom. The third-order valence-electron chi connectivity index (χ3n) is 4.08. The Labute approximate surface area is 140 Å². The van der Waals surface area contributed by atoms with E-state index in [0.29, 0.717) is 25.1 Å². The minimum Gasteiger partial charge on any atom is -0.387 e. The normalized spacial score (nSPS) is 16.4. The molecule has 0 aromatic heterocycles. The van der Waals surface area contributed by atoms with Crippen molar-refractivity contribution in [2.45, 2.75) is 18.9 Å². The molecular formula is C19H19FN2O2. The zero-order valence-corrected chi connectivity index (χ0v) is 13.5. The van der Waals surface area contributed by atoms with Crippen molar-refractivity contribution >= 4 is 11.6 Å². The predicted octanol–water partition coefficient (Wildman–Crippen LogP) is 3.34. The Hall–Kier alpha value is -2.69. The lowest BCUT2D eigenvalue weighted by Gasteiger charge is -2.16. The molecule has 1 heterocycles. The van der Waals surface area contributed by atoms with Crippen LogP contribution in [0.25, 0.3) is 0 Å². The largest absolute Gasteiger partial charge is 0.387 e. The van der Waals surface area contributed by atoms with E-state index in [1.54, 1.807) is 24.1 Å². The van der Waals surface area contributed by atoms with Gasteiger partial charge in [-0.25, -0.2) is 4.39 Å². The van der Waals surface area contributed by atoms with Gasteiger partial charge in [-0.15, -0.1) is 0 Å². The van der Waals surface area contributed by atoms with Crippen LogP contribution in [0.1, 0.15) is 23.7 Å². The zero-order valence-electron chi connectivity index (χ0n) is 13.5. The van der Waals surface area contributed by atoms with Crippen molar-refractivity contribution in [3.8, 4) is 0 Å². The van der Waals surface area contributed by atoms with E-state index in [1.807, 2.05) is 30.3 Å². The fourth-order valence-corrected chi connectivity index (χ4v) is 2.62. The number of halogens is 1. The van der Waals surface area contributed by atoms with Crippen molar-refractivity contribution in [1.29, 1.82) is 0 Å². The molecule has 24 heavy (non-hydrogen) atoms. The number of hydrogen-bond acceptors (Lipinski definition) is 3. The van der Waals surface area contributed by atoms with Gasteiger partial charge in [0.25, 0.3) is 5.91 Å². The highest BCUT2D eigenvalue weighted by molar-refractivity contribution is 6.39. The lowest BCUT2D eigenvalue weighted by Crippen LogP contribution is -2.34. The Bertz CT molecular complexity index is 729. The van der Waals surface area contributed by atoms with E-state index in [1.165, 1.54) is 12.1 Å². The number of oxime groups is 1. The quantitative estimate of drug-likeness (QED) is 0.845. The summed E-state index contributed by atoms with van der Waals surface area (Å²) in [7, 11) is 1.74. The van der Waals surface area contributed by atoms with Gasteiger partial charge in [-0.05, 0) is 29.7 Å². The van der Waals surface area contributed by atoms with Crippen LogP contribution >= 0.6 is 0 Å². The first kappa shape index (κ1) is 16.2. The standard InChI is InChI=1S/C19H19FN2O2/c1-22(12-11-14-7-9-16(20)10-8-14)19(23)17-13-18(24-21-17)15-5-3-2-4-6-15/h2-10,18H,11-13H2,1H3. The first-order valence-corrected chi connectivity index (χ1v) is 7.91. The first-order valence-electron chi connectivity index (χ1n) is 7.91.